The van der Waals surface area contributed by atoms with E-state index in [9.17, 15) is 4.79 Å². The van der Waals surface area contributed by atoms with Crippen LogP contribution < -0.4 is 0 Å². The van der Waals surface area contributed by atoms with E-state index in [1.54, 1.807) is 0 Å². The molecule has 1 aliphatic rings. The number of halogens is 1. The molecule has 0 saturated heterocycles. The third-order valence-electron chi connectivity index (χ3n) is 2.26. The Morgan fingerprint density at radius 2 is 2.23 bits per heavy atom. The molecule has 1 rings (SSSR count). The lowest BCUT2D eigenvalue weighted by atomic mass is 9.82. The molecule has 0 unspecified atom stereocenters. The second kappa shape index (κ2) is 5.45. The van der Waals surface area contributed by atoms with E-state index < -0.39 is 0 Å². The number of carbonyl (C=O) groups excluding carboxylic acids is 1. The maximum Gasteiger partial charge on any atom is 0.308 e. The largest absolute Gasteiger partial charge is 0.469 e. The maximum atomic E-state index is 11.0. The van der Waals surface area contributed by atoms with Crippen LogP contribution in [0.3, 0.4) is 0 Å². The van der Waals surface area contributed by atoms with E-state index in [1.807, 2.05) is 0 Å². The second-order valence-electron chi connectivity index (χ2n) is 3.23. The lowest BCUT2D eigenvalue weighted by molar-refractivity contribution is -0.154. The van der Waals surface area contributed by atoms with Crippen LogP contribution in [0, 0.1) is 5.92 Å². The summed E-state index contributed by atoms with van der Waals surface area (Å²) in [6.45, 7) is 0.696. The third kappa shape index (κ3) is 3.16. The van der Waals surface area contributed by atoms with Crippen LogP contribution >= 0.6 is 11.6 Å². The number of ether oxygens (including phenoxy) is 2. The Morgan fingerprint density at radius 1 is 1.54 bits per heavy atom. The van der Waals surface area contributed by atoms with Gasteiger partial charge in [0.05, 0.1) is 19.1 Å². The number of alkyl halides is 1. The molecule has 0 amide bonds. The van der Waals surface area contributed by atoms with E-state index in [1.165, 1.54) is 7.11 Å². The van der Waals surface area contributed by atoms with Crippen LogP contribution in [0.4, 0.5) is 0 Å². The number of methoxy groups -OCH3 is 1. The van der Waals surface area contributed by atoms with Gasteiger partial charge in [-0.25, -0.2) is 0 Å². The summed E-state index contributed by atoms with van der Waals surface area (Å²) in [5, 5.41) is 0. The van der Waals surface area contributed by atoms with Crippen LogP contribution in [0.5, 0.6) is 0 Å². The number of hydrogen-bond acceptors (Lipinski definition) is 3. The minimum absolute atomic E-state index is 0.0611. The fourth-order valence-corrected chi connectivity index (χ4v) is 1.47. The molecular formula is C9H15ClO3. The number of hydrogen-bond donors (Lipinski definition) is 0. The van der Waals surface area contributed by atoms with Crippen LogP contribution in [0.25, 0.3) is 0 Å². The van der Waals surface area contributed by atoms with E-state index in [-0.39, 0.29) is 18.0 Å². The molecule has 0 aromatic carbocycles. The molecule has 0 atom stereocenters. The lowest BCUT2D eigenvalue weighted by Crippen LogP contribution is -2.37. The zero-order chi connectivity index (χ0) is 9.68. The van der Waals surface area contributed by atoms with Crippen molar-refractivity contribution in [3.05, 3.63) is 0 Å². The molecule has 0 aliphatic heterocycles. The molecule has 4 heteroatoms. The van der Waals surface area contributed by atoms with Crippen molar-refractivity contribution >= 4 is 17.6 Å². The molecular weight excluding hydrogens is 192 g/mol. The van der Waals surface area contributed by atoms with Gasteiger partial charge in [0.1, 0.15) is 0 Å². The van der Waals surface area contributed by atoms with E-state index >= 15 is 0 Å². The first-order valence-corrected chi connectivity index (χ1v) is 5.06. The van der Waals surface area contributed by atoms with Crippen molar-refractivity contribution in [1.29, 1.82) is 0 Å². The molecule has 0 N–H and O–H groups in total. The predicted molar refractivity (Wildman–Crippen MR) is 49.8 cm³/mol. The van der Waals surface area contributed by atoms with Crippen LogP contribution in [0.2, 0.25) is 0 Å². The highest BCUT2D eigenvalue weighted by Crippen LogP contribution is 2.30. The SMILES string of the molecule is COC(=O)C1CC(OCCCCl)C1. The van der Waals surface area contributed by atoms with Crippen LogP contribution in [-0.4, -0.2) is 31.7 Å². The molecule has 1 saturated carbocycles. The molecule has 1 fully saturated rings. The topological polar surface area (TPSA) is 35.5 Å². The Morgan fingerprint density at radius 3 is 2.77 bits per heavy atom. The summed E-state index contributed by atoms with van der Waals surface area (Å²) in [7, 11) is 1.42. The highest BCUT2D eigenvalue weighted by Gasteiger charge is 2.35. The second-order valence-corrected chi connectivity index (χ2v) is 3.60. The molecule has 0 aromatic rings. The first kappa shape index (κ1) is 10.8. The van der Waals surface area contributed by atoms with E-state index in [4.69, 9.17) is 16.3 Å². The van der Waals surface area contributed by atoms with Gasteiger partial charge in [-0.1, -0.05) is 0 Å². The van der Waals surface area contributed by atoms with Gasteiger partial charge in [0.2, 0.25) is 0 Å². The van der Waals surface area contributed by atoms with Gasteiger partial charge in [-0.15, -0.1) is 11.6 Å². The van der Waals surface area contributed by atoms with Gasteiger partial charge in [0, 0.05) is 12.5 Å². The van der Waals surface area contributed by atoms with Gasteiger partial charge in [-0.05, 0) is 19.3 Å². The molecule has 0 aromatic heterocycles. The summed E-state index contributed by atoms with van der Waals surface area (Å²) in [6.07, 6.45) is 2.72. The summed E-state index contributed by atoms with van der Waals surface area (Å²) >= 11 is 5.49. The lowest BCUT2D eigenvalue weighted by Gasteiger charge is -2.32. The van der Waals surface area contributed by atoms with E-state index in [0.717, 1.165) is 19.3 Å². The smallest absolute Gasteiger partial charge is 0.308 e. The fourth-order valence-electron chi connectivity index (χ4n) is 1.37. The molecule has 0 spiro atoms. The van der Waals surface area contributed by atoms with Crippen molar-refractivity contribution in [3.8, 4) is 0 Å². The quantitative estimate of drug-likeness (QED) is 0.389. The minimum Gasteiger partial charge on any atom is -0.469 e. The van der Waals surface area contributed by atoms with Crippen molar-refractivity contribution < 1.29 is 14.3 Å². The molecule has 1 aliphatic carbocycles. The van der Waals surface area contributed by atoms with Crippen molar-refractivity contribution in [3.63, 3.8) is 0 Å². The summed E-state index contributed by atoms with van der Waals surface area (Å²) in [4.78, 5) is 11.0. The monoisotopic (exact) mass is 206 g/mol. The van der Waals surface area contributed by atoms with Gasteiger partial charge in [-0.2, -0.15) is 0 Å². The standard InChI is InChI=1S/C9H15ClO3/c1-12-9(11)7-5-8(6-7)13-4-2-3-10/h7-8H,2-6H2,1H3. The first-order valence-electron chi connectivity index (χ1n) is 4.53. The third-order valence-corrected chi connectivity index (χ3v) is 2.53. The predicted octanol–water partition coefficient (Wildman–Crippen LogP) is 1.58. The minimum atomic E-state index is -0.114. The van der Waals surface area contributed by atoms with Crippen LogP contribution in [-0.2, 0) is 14.3 Å². The van der Waals surface area contributed by atoms with Gasteiger partial charge >= 0.3 is 5.97 Å². The highest BCUT2D eigenvalue weighted by atomic mass is 35.5. The molecule has 13 heavy (non-hydrogen) atoms. The van der Waals surface area contributed by atoms with Gasteiger partial charge in [-0.3, -0.25) is 4.79 Å². The molecule has 0 radical (unpaired) electrons. The molecule has 0 bridgehead atoms. The molecule has 76 valence electrons. The summed E-state index contributed by atoms with van der Waals surface area (Å²) in [5.41, 5.74) is 0. The fraction of sp³-hybridized carbons (Fsp3) is 0.889. The zero-order valence-electron chi connectivity index (χ0n) is 7.79. The van der Waals surface area contributed by atoms with Crippen molar-refractivity contribution in [1.82, 2.24) is 0 Å². The summed E-state index contributed by atoms with van der Waals surface area (Å²) in [6, 6.07) is 0. The number of esters is 1. The average molecular weight is 207 g/mol. The Hall–Kier alpha value is -0.280. The Kier molecular flexibility index (Phi) is 4.53. The molecule has 0 heterocycles. The summed E-state index contributed by atoms with van der Waals surface area (Å²) in [5.74, 6) is 0.579. The van der Waals surface area contributed by atoms with Crippen molar-refractivity contribution in [2.24, 2.45) is 5.92 Å². The van der Waals surface area contributed by atoms with Gasteiger partial charge < -0.3 is 9.47 Å². The highest BCUT2D eigenvalue weighted by molar-refractivity contribution is 6.17. The van der Waals surface area contributed by atoms with E-state index in [0.29, 0.717) is 12.5 Å². The Labute approximate surface area is 83.3 Å². The van der Waals surface area contributed by atoms with Crippen LogP contribution in [0.15, 0.2) is 0 Å². The zero-order valence-corrected chi connectivity index (χ0v) is 8.55. The maximum absolute atomic E-state index is 11.0. The number of carbonyl (C=O) groups is 1. The Bertz CT molecular complexity index is 166. The van der Waals surface area contributed by atoms with Crippen LogP contribution in [0.1, 0.15) is 19.3 Å². The van der Waals surface area contributed by atoms with Crippen molar-refractivity contribution in [2.75, 3.05) is 19.6 Å². The van der Waals surface area contributed by atoms with E-state index in [2.05, 4.69) is 4.74 Å². The van der Waals surface area contributed by atoms with Gasteiger partial charge in [0.25, 0.3) is 0 Å². The average Bonchev–Trinajstić information content (AvgIpc) is 2.08. The normalized spacial score (nSPS) is 26.6. The number of rotatable bonds is 5. The first-order chi connectivity index (χ1) is 6.27. The molecule has 3 nitrogen and oxygen atoms in total. The Balaban J connectivity index is 2.01. The summed E-state index contributed by atoms with van der Waals surface area (Å²) < 4.78 is 10.1. The van der Waals surface area contributed by atoms with Gasteiger partial charge in [0.15, 0.2) is 0 Å². The van der Waals surface area contributed by atoms with Crippen molar-refractivity contribution in [2.45, 2.75) is 25.4 Å².